The molecule has 0 saturated carbocycles. The minimum Gasteiger partial charge on any atom is -0.504 e. The Bertz CT molecular complexity index is 957. The number of nitrogens with one attached hydrogen (secondary N) is 3. The zero-order valence-corrected chi connectivity index (χ0v) is 17.9. The molecular formula is C15H23N3O9S2. The summed E-state index contributed by atoms with van der Waals surface area (Å²) >= 11 is 0. The number of aliphatic carboxylic acids is 1. The number of rotatable bonds is 7. The van der Waals surface area contributed by atoms with Crippen molar-refractivity contribution in [1.82, 2.24) is 5.32 Å². The number of alkyl carbamates (subject to hydrolysis) is 1. The van der Waals surface area contributed by atoms with E-state index in [4.69, 9.17) is 4.74 Å². The first-order valence-corrected chi connectivity index (χ1v) is 11.7. The molecule has 164 valence electrons. The number of aromatic hydroxyl groups is 1. The van der Waals surface area contributed by atoms with Crippen LogP contribution in [-0.2, 0) is 29.6 Å². The van der Waals surface area contributed by atoms with Crippen molar-refractivity contribution < 1.29 is 41.4 Å². The molecule has 1 amide bonds. The Morgan fingerprint density at radius 1 is 1.00 bits per heavy atom. The Labute approximate surface area is 168 Å². The number of ether oxygens (including phenoxy) is 1. The Hall–Kier alpha value is -2.74. The summed E-state index contributed by atoms with van der Waals surface area (Å²) in [7, 11) is -7.83. The fourth-order valence-electron chi connectivity index (χ4n) is 2.09. The number of phenols is 1. The van der Waals surface area contributed by atoms with Crippen molar-refractivity contribution >= 4 is 43.5 Å². The Balaban J connectivity index is 3.51. The molecule has 14 heteroatoms. The lowest BCUT2D eigenvalue weighted by molar-refractivity contribution is -0.139. The maximum atomic E-state index is 12.0. The lowest BCUT2D eigenvalue weighted by atomic mass is 10.0. The summed E-state index contributed by atoms with van der Waals surface area (Å²) in [4.78, 5) is 23.6. The first-order valence-electron chi connectivity index (χ1n) is 7.93. The highest BCUT2D eigenvalue weighted by atomic mass is 32.2. The van der Waals surface area contributed by atoms with Crippen molar-refractivity contribution in [1.29, 1.82) is 0 Å². The quantitative estimate of drug-likeness (QED) is 0.372. The molecule has 0 fully saturated rings. The van der Waals surface area contributed by atoms with Gasteiger partial charge in [0, 0.05) is 0 Å². The molecule has 0 bridgehead atoms. The summed E-state index contributed by atoms with van der Waals surface area (Å²) in [5.74, 6) is -2.33. The van der Waals surface area contributed by atoms with E-state index in [2.05, 4.69) is 5.32 Å². The number of carbonyl (C=O) groups is 2. The Kier molecular flexibility index (Phi) is 6.97. The molecule has 0 saturated heterocycles. The second kappa shape index (κ2) is 8.32. The maximum absolute atomic E-state index is 12.0. The molecule has 1 aromatic rings. The molecule has 0 aliphatic heterocycles. The number of amides is 1. The summed E-state index contributed by atoms with van der Waals surface area (Å²) in [6.07, 6.45) is 0.473. The van der Waals surface area contributed by atoms with Gasteiger partial charge >= 0.3 is 12.1 Å². The molecule has 0 aliphatic carbocycles. The zero-order chi connectivity index (χ0) is 22.8. The first-order chi connectivity index (χ1) is 12.9. The average Bonchev–Trinajstić information content (AvgIpc) is 2.43. The number of sulfonamides is 2. The number of carboxylic acid groups (broad SMARTS) is 1. The number of phenolic OH excluding ortho intramolecular Hbond substituents is 1. The predicted octanol–water partition coefficient (Wildman–Crippen LogP) is 0.786. The number of hydrogen-bond acceptors (Lipinski definition) is 8. The third-order valence-corrected chi connectivity index (χ3v) is 4.15. The summed E-state index contributed by atoms with van der Waals surface area (Å²) in [5, 5.41) is 21.8. The molecule has 0 spiro atoms. The van der Waals surface area contributed by atoms with Gasteiger partial charge in [-0.3, -0.25) is 9.44 Å². The highest BCUT2D eigenvalue weighted by Crippen LogP contribution is 2.37. The van der Waals surface area contributed by atoms with Gasteiger partial charge in [-0.1, -0.05) is 0 Å². The van der Waals surface area contributed by atoms with Gasteiger partial charge in [0.25, 0.3) is 0 Å². The fourth-order valence-corrected chi connectivity index (χ4v) is 3.20. The summed E-state index contributed by atoms with van der Waals surface area (Å²) in [5.41, 5.74) is -2.14. The Morgan fingerprint density at radius 3 is 1.72 bits per heavy atom. The summed E-state index contributed by atoms with van der Waals surface area (Å²) in [6.45, 7) is 4.68. The number of carboxylic acids is 1. The number of anilines is 2. The van der Waals surface area contributed by atoms with Crippen LogP contribution in [0, 0.1) is 0 Å². The van der Waals surface area contributed by atoms with Crippen molar-refractivity contribution in [3.63, 3.8) is 0 Å². The lowest BCUT2D eigenvalue weighted by Gasteiger charge is -2.23. The summed E-state index contributed by atoms with van der Waals surface area (Å²) in [6, 6.07) is 0.144. The van der Waals surface area contributed by atoms with Gasteiger partial charge in [-0.2, -0.15) is 0 Å². The average molecular weight is 453 g/mol. The van der Waals surface area contributed by atoms with E-state index in [9.17, 15) is 36.6 Å². The molecule has 0 aromatic heterocycles. The molecule has 0 aliphatic rings. The van der Waals surface area contributed by atoms with Gasteiger partial charge in [0.1, 0.15) is 5.60 Å². The van der Waals surface area contributed by atoms with E-state index in [1.807, 2.05) is 9.44 Å². The van der Waals surface area contributed by atoms with Crippen molar-refractivity contribution in [2.75, 3.05) is 22.0 Å². The van der Waals surface area contributed by atoms with Crippen LogP contribution in [0.15, 0.2) is 12.1 Å². The predicted molar refractivity (Wildman–Crippen MR) is 105 cm³/mol. The molecule has 1 atom stereocenters. The van der Waals surface area contributed by atoms with E-state index >= 15 is 0 Å². The maximum Gasteiger partial charge on any atom is 0.408 e. The molecule has 12 nitrogen and oxygen atoms in total. The van der Waals surface area contributed by atoms with Crippen LogP contribution < -0.4 is 14.8 Å². The van der Waals surface area contributed by atoms with Crippen LogP contribution in [-0.4, -0.2) is 57.2 Å². The molecule has 29 heavy (non-hydrogen) atoms. The van der Waals surface area contributed by atoms with Crippen LogP contribution in [0.5, 0.6) is 5.75 Å². The number of hydrogen-bond donors (Lipinski definition) is 5. The van der Waals surface area contributed by atoms with Crippen molar-refractivity contribution in [3.05, 3.63) is 17.7 Å². The molecule has 1 aromatic carbocycles. The van der Waals surface area contributed by atoms with Crippen LogP contribution in [0.25, 0.3) is 0 Å². The Morgan fingerprint density at radius 2 is 1.41 bits per heavy atom. The van der Waals surface area contributed by atoms with Crippen molar-refractivity contribution in [2.24, 2.45) is 0 Å². The van der Waals surface area contributed by atoms with Crippen LogP contribution >= 0.6 is 0 Å². The SMILES string of the molecule is CC(C)(C)OC(=O)N[C@@H](C(=O)O)c1cc(NS(C)(=O)=O)c(O)c(NS(C)(=O)=O)c1. The third-order valence-electron chi connectivity index (χ3n) is 2.96. The second-order valence-electron chi connectivity index (χ2n) is 7.13. The number of benzene rings is 1. The first kappa shape index (κ1) is 24.3. The smallest absolute Gasteiger partial charge is 0.408 e. The van der Waals surface area contributed by atoms with Gasteiger partial charge in [0.2, 0.25) is 20.0 Å². The van der Waals surface area contributed by atoms with Crippen LogP contribution in [0.2, 0.25) is 0 Å². The molecular weight excluding hydrogens is 430 g/mol. The highest BCUT2D eigenvalue weighted by Gasteiger charge is 2.28. The van der Waals surface area contributed by atoms with Crippen LogP contribution in [0.1, 0.15) is 32.4 Å². The second-order valence-corrected chi connectivity index (χ2v) is 10.6. The van der Waals surface area contributed by atoms with E-state index < -0.39 is 60.9 Å². The molecule has 5 N–H and O–H groups in total. The van der Waals surface area contributed by atoms with Crippen molar-refractivity contribution in [3.8, 4) is 5.75 Å². The largest absolute Gasteiger partial charge is 0.504 e. The van der Waals surface area contributed by atoms with Crippen LogP contribution in [0.4, 0.5) is 16.2 Å². The topological polar surface area (TPSA) is 188 Å². The van der Waals surface area contributed by atoms with Gasteiger partial charge in [-0.15, -0.1) is 0 Å². The zero-order valence-electron chi connectivity index (χ0n) is 16.3. The minimum atomic E-state index is -3.92. The number of carbonyl (C=O) groups excluding carboxylic acids is 1. The van der Waals surface area contributed by atoms with E-state index in [0.29, 0.717) is 0 Å². The molecule has 0 unspecified atom stereocenters. The van der Waals surface area contributed by atoms with Gasteiger partial charge in [0.05, 0.1) is 23.9 Å². The lowest BCUT2D eigenvalue weighted by Crippen LogP contribution is -2.38. The normalized spacial score (nSPS) is 13.3. The highest BCUT2D eigenvalue weighted by molar-refractivity contribution is 7.92. The van der Waals surface area contributed by atoms with E-state index in [0.717, 1.165) is 24.6 Å². The molecule has 0 heterocycles. The van der Waals surface area contributed by atoms with Crippen molar-refractivity contribution in [2.45, 2.75) is 32.4 Å². The fraction of sp³-hybridized carbons (Fsp3) is 0.467. The van der Waals surface area contributed by atoms with Gasteiger partial charge in [-0.25, -0.2) is 26.4 Å². The van der Waals surface area contributed by atoms with E-state index in [1.165, 1.54) is 0 Å². The van der Waals surface area contributed by atoms with E-state index in [1.54, 1.807) is 20.8 Å². The van der Waals surface area contributed by atoms with Gasteiger partial charge < -0.3 is 20.3 Å². The van der Waals surface area contributed by atoms with Gasteiger partial charge in [-0.05, 0) is 38.5 Å². The standard InChI is InChI=1S/C15H23N3O9S2/c1-15(2,3)27-14(22)16-11(13(20)21)8-6-9(17-28(4,23)24)12(19)10(7-8)18-29(5,25)26/h6-7,11,17-19H,1-5H3,(H,16,22)(H,20,21)/t11-/m1/s1. The minimum absolute atomic E-state index is 0.238. The molecule has 0 radical (unpaired) electrons. The summed E-state index contributed by atoms with van der Waals surface area (Å²) < 4.78 is 55.0. The van der Waals surface area contributed by atoms with Crippen LogP contribution in [0.3, 0.4) is 0 Å². The van der Waals surface area contributed by atoms with Gasteiger partial charge in [0.15, 0.2) is 11.8 Å². The third kappa shape index (κ3) is 8.43. The van der Waals surface area contributed by atoms with E-state index in [-0.39, 0.29) is 5.56 Å². The molecule has 1 rings (SSSR count). The monoisotopic (exact) mass is 453 g/mol.